The zero-order chi connectivity index (χ0) is 33.6. The first kappa shape index (κ1) is 44.6. The van der Waals surface area contributed by atoms with Gasteiger partial charge in [-0.1, -0.05) is 180 Å². The molecule has 0 fully saturated rings. The minimum Gasteiger partial charge on any atom is -0.462 e. The number of ether oxygens (including phenoxy) is 2. The molecule has 0 rings (SSSR count). The van der Waals surface area contributed by atoms with Gasteiger partial charge >= 0.3 is 11.9 Å². The molecule has 0 aromatic rings. The number of hydrogen-bond acceptors (Lipinski definition) is 5. The van der Waals surface area contributed by atoms with Crippen LogP contribution in [0.1, 0.15) is 219 Å². The molecule has 272 valence electrons. The fraction of sp³-hybridized carbons (Fsp3) is 0.902. The second-order valence-electron chi connectivity index (χ2n) is 13.7. The van der Waals surface area contributed by atoms with Gasteiger partial charge in [0.1, 0.15) is 6.61 Å². The molecule has 5 nitrogen and oxygen atoms in total. The van der Waals surface area contributed by atoms with Crippen molar-refractivity contribution in [3.05, 3.63) is 12.2 Å². The lowest BCUT2D eigenvalue weighted by molar-refractivity contribution is -0.161. The van der Waals surface area contributed by atoms with Gasteiger partial charge in [-0.25, -0.2) is 0 Å². The number of rotatable bonds is 37. The lowest BCUT2D eigenvalue weighted by atomic mass is 10.0. The highest BCUT2D eigenvalue weighted by Gasteiger charge is 2.16. The van der Waals surface area contributed by atoms with Crippen molar-refractivity contribution in [3.8, 4) is 0 Å². The maximum atomic E-state index is 12.2. The minimum absolute atomic E-state index is 0.0622. The highest BCUT2D eigenvalue weighted by atomic mass is 16.6. The lowest BCUT2D eigenvalue weighted by Crippen LogP contribution is -2.28. The Labute approximate surface area is 286 Å². The summed E-state index contributed by atoms with van der Waals surface area (Å²) in [5.74, 6) is -0.585. The second kappa shape index (κ2) is 38.1. The fourth-order valence-corrected chi connectivity index (χ4v) is 5.96. The zero-order valence-electron chi connectivity index (χ0n) is 30.9. The van der Waals surface area contributed by atoms with Crippen molar-refractivity contribution < 1.29 is 24.2 Å². The van der Waals surface area contributed by atoms with E-state index in [0.717, 1.165) is 38.5 Å². The van der Waals surface area contributed by atoms with Gasteiger partial charge in [0, 0.05) is 12.8 Å². The van der Waals surface area contributed by atoms with E-state index in [9.17, 15) is 14.7 Å². The summed E-state index contributed by atoms with van der Waals surface area (Å²) in [5, 5.41) is 9.55. The van der Waals surface area contributed by atoms with Gasteiger partial charge in [-0.05, 0) is 38.5 Å². The molecule has 0 amide bonds. The number of unbranched alkanes of at least 4 members (excludes halogenated alkanes) is 27. The van der Waals surface area contributed by atoms with Gasteiger partial charge in [0.2, 0.25) is 0 Å². The van der Waals surface area contributed by atoms with Crippen LogP contribution in [0.15, 0.2) is 12.2 Å². The molecule has 1 N–H and O–H groups in total. The van der Waals surface area contributed by atoms with Crippen LogP contribution in [0.25, 0.3) is 0 Å². The van der Waals surface area contributed by atoms with Gasteiger partial charge in [-0.15, -0.1) is 0 Å². The number of allylic oxidation sites excluding steroid dienone is 2. The highest BCUT2D eigenvalue weighted by molar-refractivity contribution is 5.70. The molecule has 46 heavy (non-hydrogen) atoms. The molecule has 0 saturated heterocycles. The van der Waals surface area contributed by atoms with Crippen molar-refractivity contribution in [2.75, 3.05) is 13.2 Å². The van der Waals surface area contributed by atoms with E-state index in [-0.39, 0.29) is 25.2 Å². The van der Waals surface area contributed by atoms with Crippen LogP contribution in [0.5, 0.6) is 0 Å². The highest BCUT2D eigenvalue weighted by Crippen LogP contribution is 2.15. The lowest BCUT2D eigenvalue weighted by Gasteiger charge is -2.15. The van der Waals surface area contributed by atoms with E-state index in [1.807, 2.05) is 0 Å². The van der Waals surface area contributed by atoms with Crippen molar-refractivity contribution in [3.63, 3.8) is 0 Å². The average Bonchev–Trinajstić information content (AvgIpc) is 3.06. The van der Waals surface area contributed by atoms with Crippen LogP contribution in [0.3, 0.4) is 0 Å². The number of carbonyl (C=O) groups is 2. The maximum absolute atomic E-state index is 12.2. The summed E-state index contributed by atoms with van der Waals surface area (Å²) in [6.07, 6.45) is 42.7. The number of carbonyl (C=O) groups excluding carboxylic acids is 2. The Kier molecular flexibility index (Phi) is 37.0. The largest absolute Gasteiger partial charge is 0.462 e. The van der Waals surface area contributed by atoms with Crippen molar-refractivity contribution in [2.45, 2.75) is 225 Å². The molecule has 0 aliphatic carbocycles. The Balaban J connectivity index is 3.51. The minimum atomic E-state index is -0.766. The SMILES string of the molecule is CCCCCC/C=C/CCCCCCCCCC(=O)OC[C@H](CO)OC(=O)CCCCCCCCCCCCCCCCCCC. The van der Waals surface area contributed by atoms with Crippen molar-refractivity contribution in [1.29, 1.82) is 0 Å². The molecule has 0 radical (unpaired) electrons. The number of esters is 2. The third-order valence-electron chi connectivity index (χ3n) is 9.06. The van der Waals surface area contributed by atoms with Gasteiger partial charge in [0.05, 0.1) is 6.61 Å². The van der Waals surface area contributed by atoms with E-state index < -0.39 is 6.10 Å². The second-order valence-corrected chi connectivity index (χ2v) is 13.7. The molecule has 0 aliphatic rings. The Morgan fingerprint density at radius 1 is 0.478 bits per heavy atom. The van der Waals surface area contributed by atoms with Crippen LogP contribution in [0.4, 0.5) is 0 Å². The number of hydrogen-bond donors (Lipinski definition) is 1. The summed E-state index contributed by atoms with van der Waals surface area (Å²) in [7, 11) is 0. The van der Waals surface area contributed by atoms with Crippen LogP contribution in [0, 0.1) is 0 Å². The van der Waals surface area contributed by atoms with Crippen LogP contribution in [0.2, 0.25) is 0 Å². The van der Waals surface area contributed by atoms with E-state index in [4.69, 9.17) is 9.47 Å². The Bertz CT molecular complexity index is 661. The molecular weight excluding hydrogens is 572 g/mol. The molecule has 5 heteroatoms. The monoisotopic (exact) mass is 651 g/mol. The van der Waals surface area contributed by atoms with Crippen LogP contribution in [-0.4, -0.2) is 36.4 Å². The van der Waals surface area contributed by atoms with E-state index in [0.29, 0.717) is 12.8 Å². The van der Waals surface area contributed by atoms with Crippen molar-refractivity contribution in [1.82, 2.24) is 0 Å². The first-order valence-corrected chi connectivity index (χ1v) is 20.2. The molecule has 0 spiro atoms. The van der Waals surface area contributed by atoms with E-state index in [1.165, 1.54) is 154 Å². The normalized spacial score (nSPS) is 12.2. The molecular formula is C41H78O5. The van der Waals surface area contributed by atoms with E-state index in [2.05, 4.69) is 26.0 Å². The fourth-order valence-electron chi connectivity index (χ4n) is 5.96. The first-order valence-electron chi connectivity index (χ1n) is 20.2. The Morgan fingerprint density at radius 2 is 0.804 bits per heavy atom. The predicted molar refractivity (Wildman–Crippen MR) is 196 cm³/mol. The summed E-state index contributed by atoms with van der Waals surface area (Å²) in [6.45, 7) is 4.14. The van der Waals surface area contributed by atoms with E-state index in [1.54, 1.807) is 0 Å². The molecule has 0 unspecified atom stereocenters. The maximum Gasteiger partial charge on any atom is 0.306 e. The van der Waals surface area contributed by atoms with E-state index >= 15 is 0 Å². The molecule has 0 aromatic heterocycles. The quantitative estimate of drug-likeness (QED) is 0.0411. The van der Waals surface area contributed by atoms with Crippen molar-refractivity contribution in [2.24, 2.45) is 0 Å². The Hall–Kier alpha value is -1.36. The molecule has 0 aliphatic heterocycles. The topological polar surface area (TPSA) is 72.8 Å². The molecule has 1 atom stereocenters. The summed E-state index contributed by atoms with van der Waals surface area (Å²) in [6, 6.07) is 0. The van der Waals surface area contributed by atoms with Crippen molar-refractivity contribution >= 4 is 11.9 Å². The molecule has 0 saturated carbocycles. The molecule has 0 heterocycles. The summed E-state index contributed by atoms with van der Waals surface area (Å²) >= 11 is 0. The third kappa shape index (κ3) is 35.5. The van der Waals surface area contributed by atoms with Gasteiger partial charge in [-0.3, -0.25) is 9.59 Å². The standard InChI is InChI=1S/C41H78O5/c1-3-5-7-9-11-13-15-17-19-20-22-24-26-28-30-32-34-36-41(44)46-39(37-42)38-45-40(43)35-33-31-29-27-25-23-21-18-16-14-12-10-8-6-4-2/h14,16,39,42H,3-13,15,17-38H2,1-2H3/b16-14+/t39-/m0/s1. The van der Waals surface area contributed by atoms with Crippen LogP contribution < -0.4 is 0 Å². The third-order valence-corrected chi connectivity index (χ3v) is 9.06. The summed E-state index contributed by atoms with van der Waals surface area (Å²) < 4.78 is 10.6. The molecule has 0 bridgehead atoms. The summed E-state index contributed by atoms with van der Waals surface area (Å²) in [5.41, 5.74) is 0. The van der Waals surface area contributed by atoms with Gasteiger partial charge in [0.25, 0.3) is 0 Å². The number of aliphatic hydroxyl groups excluding tert-OH is 1. The molecule has 0 aromatic carbocycles. The zero-order valence-corrected chi connectivity index (χ0v) is 30.9. The number of aliphatic hydroxyl groups is 1. The van der Waals surface area contributed by atoms with Gasteiger partial charge in [0.15, 0.2) is 6.10 Å². The van der Waals surface area contributed by atoms with Crippen LogP contribution >= 0.6 is 0 Å². The summed E-state index contributed by atoms with van der Waals surface area (Å²) in [4.78, 5) is 24.2. The average molecular weight is 651 g/mol. The smallest absolute Gasteiger partial charge is 0.306 e. The van der Waals surface area contributed by atoms with Gasteiger partial charge < -0.3 is 14.6 Å². The van der Waals surface area contributed by atoms with Gasteiger partial charge in [-0.2, -0.15) is 0 Å². The first-order chi connectivity index (χ1) is 22.6. The van der Waals surface area contributed by atoms with Crippen LogP contribution in [-0.2, 0) is 19.1 Å². The Morgan fingerprint density at radius 3 is 1.20 bits per heavy atom. The predicted octanol–water partition coefficient (Wildman–Crippen LogP) is 12.5.